The molecule has 0 saturated heterocycles. The largest absolute Gasteiger partial charge is 0.320 e. The highest BCUT2D eigenvalue weighted by Crippen LogP contribution is 2.05. The van der Waals surface area contributed by atoms with Gasteiger partial charge in [0.15, 0.2) is 0 Å². The summed E-state index contributed by atoms with van der Waals surface area (Å²) in [6.07, 6.45) is 3.78. The molecule has 0 spiro atoms. The Labute approximate surface area is 100 Å². The average molecular weight is 229 g/mol. The Balaban J connectivity index is 2.09. The minimum atomic E-state index is -0.537. The summed E-state index contributed by atoms with van der Waals surface area (Å²) in [5.74, 6) is 0.544. The number of aryl methyl sites for hydroxylation is 1. The standard InChI is InChI=1S/C13H15N3O/c1-10-15-7-8-16(10)13(17)12(14)9-11-5-3-2-4-6-11/h2-8,12H,9,14H2,1H3. The predicted octanol–water partition coefficient (Wildman–Crippen LogP) is 1.40. The third-order valence-electron chi connectivity index (χ3n) is 2.68. The van der Waals surface area contributed by atoms with E-state index in [1.807, 2.05) is 30.3 Å². The smallest absolute Gasteiger partial charge is 0.249 e. The highest BCUT2D eigenvalue weighted by atomic mass is 16.2. The van der Waals surface area contributed by atoms with Crippen LogP contribution in [0.3, 0.4) is 0 Å². The van der Waals surface area contributed by atoms with Crippen LogP contribution < -0.4 is 5.73 Å². The molecule has 1 aromatic carbocycles. The van der Waals surface area contributed by atoms with E-state index in [2.05, 4.69) is 4.98 Å². The molecule has 2 rings (SSSR count). The molecule has 0 saturated carbocycles. The van der Waals surface area contributed by atoms with Gasteiger partial charge in [-0.25, -0.2) is 4.98 Å². The maximum atomic E-state index is 12.0. The number of nitrogens with two attached hydrogens (primary N) is 1. The summed E-state index contributed by atoms with van der Waals surface area (Å²) < 4.78 is 1.49. The van der Waals surface area contributed by atoms with Gasteiger partial charge in [0.25, 0.3) is 0 Å². The van der Waals surface area contributed by atoms with Gasteiger partial charge in [-0.3, -0.25) is 9.36 Å². The Kier molecular flexibility index (Phi) is 3.35. The highest BCUT2D eigenvalue weighted by Gasteiger charge is 2.17. The number of hydrogen-bond acceptors (Lipinski definition) is 3. The van der Waals surface area contributed by atoms with Crippen molar-refractivity contribution in [1.82, 2.24) is 9.55 Å². The van der Waals surface area contributed by atoms with Crippen LogP contribution in [0.15, 0.2) is 42.7 Å². The van der Waals surface area contributed by atoms with Gasteiger partial charge in [-0.15, -0.1) is 0 Å². The van der Waals surface area contributed by atoms with Crippen molar-refractivity contribution in [2.24, 2.45) is 5.73 Å². The summed E-state index contributed by atoms with van der Waals surface area (Å²) in [5.41, 5.74) is 6.97. The first kappa shape index (κ1) is 11.5. The molecular weight excluding hydrogens is 214 g/mol. The molecule has 0 amide bonds. The summed E-state index contributed by atoms with van der Waals surface area (Å²) >= 11 is 0. The Hall–Kier alpha value is -1.94. The van der Waals surface area contributed by atoms with Crippen LogP contribution in [0.4, 0.5) is 0 Å². The predicted molar refractivity (Wildman–Crippen MR) is 65.7 cm³/mol. The molecule has 17 heavy (non-hydrogen) atoms. The van der Waals surface area contributed by atoms with Crippen LogP contribution in [-0.4, -0.2) is 21.5 Å². The fraction of sp³-hybridized carbons (Fsp3) is 0.231. The number of benzene rings is 1. The fourth-order valence-corrected chi connectivity index (χ4v) is 1.74. The van der Waals surface area contributed by atoms with Crippen molar-refractivity contribution >= 4 is 5.91 Å². The molecule has 1 unspecified atom stereocenters. The summed E-state index contributed by atoms with van der Waals surface area (Å²) in [4.78, 5) is 16.0. The molecule has 0 aliphatic rings. The molecule has 1 aromatic heterocycles. The molecule has 0 radical (unpaired) electrons. The second-order valence-electron chi connectivity index (χ2n) is 3.98. The first-order valence-corrected chi connectivity index (χ1v) is 5.52. The Bertz CT molecular complexity index is 504. The maximum absolute atomic E-state index is 12.0. The van der Waals surface area contributed by atoms with Gasteiger partial charge < -0.3 is 5.73 Å². The SMILES string of the molecule is Cc1nccn1C(=O)C(N)Cc1ccccc1. The topological polar surface area (TPSA) is 60.9 Å². The number of carbonyl (C=O) groups excluding carboxylic acids is 1. The molecule has 0 aliphatic carbocycles. The van der Waals surface area contributed by atoms with E-state index in [1.54, 1.807) is 19.3 Å². The number of nitrogens with zero attached hydrogens (tertiary/aromatic N) is 2. The summed E-state index contributed by atoms with van der Waals surface area (Å²) in [5, 5.41) is 0. The van der Waals surface area contributed by atoms with Crippen LogP contribution in [0.2, 0.25) is 0 Å². The lowest BCUT2D eigenvalue weighted by Crippen LogP contribution is -2.36. The van der Waals surface area contributed by atoms with Gasteiger partial charge in [-0.05, 0) is 18.9 Å². The van der Waals surface area contributed by atoms with Gasteiger partial charge in [0.05, 0.1) is 6.04 Å². The van der Waals surface area contributed by atoms with Crippen molar-refractivity contribution < 1.29 is 4.79 Å². The van der Waals surface area contributed by atoms with Gasteiger partial charge in [0.1, 0.15) is 5.82 Å². The van der Waals surface area contributed by atoms with Crippen LogP contribution in [0.1, 0.15) is 16.2 Å². The number of aromatic nitrogens is 2. The molecule has 0 aliphatic heterocycles. The third-order valence-corrected chi connectivity index (χ3v) is 2.68. The van der Waals surface area contributed by atoms with Crippen LogP contribution in [0.25, 0.3) is 0 Å². The molecule has 0 bridgehead atoms. The van der Waals surface area contributed by atoms with E-state index in [4.69, 9.17) is 5.73 Å². The summed E-state index contributed by atoms with van der Waals surface area (Å²) in [6, 6.07) is 9.22. The zero-order valence-electron chi connectivity index (χ0n) is 9.71. The maximum Gasteiger partial charge on any atom is 0.249 e. The zero-order valence-corrected chi connectivity index (χ0v) is 9.71. The van der Waals surface area contributed by atoms with E-state index in [0.717, 1.165) is 5.56 Å². The van der Waals surface area contributed by atoms with E-state index in [0.29, 0.717) is 12.2 Å². The van der Waals surface area contributed by atoms with Crippen molar-refractivity contribution in [3.05, 3.63) is 54.1 Å². The molecule has 4 nitrogen and oxygen atoms in total. The second-order valence-corrected chi connectivity index (χ2v) is 3.98. The Morgan fingerprint density at radius 1 is 1.41 bits per heavy atom. The van der Waals surface area contributed by atoms with Gasteiger partial charge in [0, 0.05) is 12.4 Å². The van der Waals surface area contributed by atoms with Gasteiger partial charge in [-0.1, -0.05) is 30.3 Å². The van der Waals surface area contributed by atoms with Crippen molar-refractivity contribution in [3.63, 3.8) is 0 Å². The summed E-state index contributed by atoms with van der Waals surface area (Å²) in [7, 11) is 0. The monoisotopic (exact) mass is 229 g/mol. The highest BCUT2D eigenvalue weighted by molar-refractivity contribution is 5.84. The Morgan fingerprint density at radius 3 is 2.71 bits per heavy atom. The van der Waals surface area contributed by atoms with Crippen LogP contribution in [0.5, 0.6) is 0 Å². The third kappa shape index (κ3) is 2.60. The van der Waals surface area contributed by atoms with Crippen molar-refractivity contribution in [3.8, 4) is 0 Å². The quantitative estimate of drug-likeness (QED) is 0.865. The molecule has 1 atom stereocenters. The number of carbonyl (C=O) groups is 1. The van der Waals surface area contributed by atoms with E-state index >= 15 is 0 Å². The first-order valence-electron chi connectivity index (χ1n) is 5.52. The fourth-order valence-electron chi connectivity index (χ4n) is 1.74. The van der Waals surface area contributed by atoms with Crippen LogP contribution in [0, 0.1) is 6.92 Å². The lowest BCUT2D eigenvalue weighted by molar-refractivity contribution is 0.0876. The van der Waals surface area contributed by atoms with Gasteiger partial charge in [-0.2, -0.15) is 0 Å². The lowest BCUT2D eigenvalue weighted by Gasteiger charge is -2.11. The molecule has 4 heteroatoms. The molecule has 1 heterocycles. The van der Waals surface area contributed by atoms with Crippen LogP contribution >= 0.6 is 0 Å². The van der Waals surface area contributed by atoms with Crippen LogP contribution in [-0.2, 0) is 6.42 Å². The second kappa shape index (κ2) is 4.93. The van der Waals surface area contributed by atoms with Gasteiger partial charge >= 0.3 is 0 Å². The Morgan fingerprint density at radius 2 is 2.12 bits per heavy atom. The molecule has 2 N–H and O–H groups in total. The number of rotatable bonds is 3. The summed E-state index contributed by atoms with van der Waals surface area (Å²) in [6.45, 7) is 1.78. The molecule has 0 fully saturated rings. The molecule has 88 valence electrons. The first-order chi connectivity index (χ1) is 8.18. The van der Waals surface area contributed by atoms with Crippen molar-refractivity contribution in [2.45, 2.75) is 19.4 Å². The van der Waals surface area contributed by atoms with E-state index in [1.165, 1.54) is 4.57 Å². The van der Waals surface area contributed by atoms with Crippen molar-refractivity contribution in [1.29, 1.82) is 0 Å². The zero-order chi connectivity index (χ0) is 12.3. The molecular formula is C13H15N3O. The minimum Gasteiger partial charge on any atom is -0.320 e. The van der Waals surface area contributed by atoms with E-state index in [9.17, 15) is 4.79 Å². The average Bonchev–Trinajstić information content (AvgIpc) is 2.76. The normalized spacial score (nSPS) is 12.4. The number of imidazole rings is 1. The molecule has 2 aromatic rings. The van der Waals surface area contributed by atoms with Gasteiger partial charge in [0.2, 0.25) is 5.91 Å². The lowest BCUT2D eigenvalue weighted by atomic mass is 10.1. The van der Waals surface area contributed by atoms with E-state index in [-0.39, 0.29) is 5.91 Å². The van der Waals surface area contributed by atoms with E-state index < -0.39 is 6.04 Å². The minimum absolute atomic E-state index is 0.121. The van der Waals surface area contributed by atoms with Crippen molar-refractivity contribution in [2.75, 3.05) is 0 Å². The number of hydrogen-bond donors (Lipinski definition) is 1.